The van der Waals surface area contributed by atoms with Gasteiger partial charge in [0, 0.05) is 22.5 Å². The molecule has 2 aromatic carbocycles. The highest BCUT2D eigenvalue weighted by Gasteiger charge is 2.11. The van der Waals surface area contributed by atoms with Crippen molar-refractivity contribution in [2.75, 3.05) is 30.4 Å². The summed E-state index contributed by atoms with van der Waals surface area (Å²) in [4.78, 5) is 24.3. The molecular formula is C22H28ClN3O4. The minimum absolute atomic E-state index is 0.186. The highest BCUT2D eigenvalue weighted by atomic mass is 35.5. The van der Waals surface area contributed by atoms with Crippen molar-refractivity contribution in [1.82, 2.24) is 5.32 Å². The maximum Gasteiger partial charge on any atom is 0.319 e. The van der Waals surface area contributed by atoms with Crippen LogP contribution in [0.5, 0.6) is 11.5 Å². The van der Waals surface area contributed by atoms with Gasteiger partial charge in [-0.3, -0.25) is 4.79 Å². The summed E-state index contributed by atoms with van der Waals surface area (Å²) in [7, 11) is 0. The van der Waals surface area contributed by atoms with E-state index in [1.807, 2.05) is 20.8 Å². The van der Waals surface area contributed by atoms with E-state index in [1.54, 1.807) is 36.4 Å². The first-order chi connectivity index (χ1) is 14.4. The Kier molecular flexibility index (Phi) is 9.28. The van der Waals surface area contributed by atoms with E-state index in [4.69, 9.17) is 21.1 Å². The number of ether oxygens (including phenoxy) is 2. The number of nitrogens with one attached hydrogen (secondary N) is 3. The summed E-state index contributed by atoms with van der Waals surface area (Å²) < 4.78 is 11.4. The average Bonchev–Trinajstić information content (AvgIpc) is 2.73. The van der Waals surface area contributed by atoms with Crippen LogP contribution >= 0.6 is 11.6 Å². The van der Waals surface area contributed by atoms with Crippen LogP contribution in [0.4, 0.5) is 16.2 Å². The Morgan fingerprint density at radius 3 is 2.37 bits per heavy atom. The predicted octanol–water partition coefficient (Wildman–Crippen LogP) is 4.99. The smallest absolute Gasteiger partial charge is 0.319 e. The zero-order valence-electron chi connectivity index (χ0n) is 17.5. The molecular weight excluding hydrogens is 406 g/mol. The molecule has 2 rings (SSSR count). The van der Waals surface area contributed by atoms with Crippen molar-refractivity contribution in [3.63, 3.8) is 0 Å². The normalized spacial score (nSPS) is 10.3. The number of carbonyl (C=O) groups excluding carboxylic acids is 2. The molecule has 162 valence electrons. The molecule has 30 heavy (non-hydrogen) atoms. The van der Waals surface area contributed by atoms with Crippen molar-refractivity contribution < 1.29 is 19.1 Å². The molecule has 0 unspecified atom stereocenters. The molecule has 7 nitrogen and oxygen atoms in total. The minimum atomic E-state index is -0.503. The zero-order chi connectivity index (χ0) is 21.9. The standard InChI is InChI=1S/C22H28ClN3O4/c1-4-11-29-19-10-9-16(13-20(19)30-12-5-2)25-22(28)24-14-21(27)26-18-8-6-7-17(23)15(18)3/h6-10,13H,4-5,11-12,14H2,1-3H3,(H,26,27)(H2,24,25,28). The van der Waals surface area contributed by atoms with Crippen molar-refractivity contribution >= 4 is 34.9 Å². The van der Waals surface area contributed by atoms with Crippen LogP contribution in [0.2, 0.25) is 5.02 Å². The first-order valence-electron chi connectivity index (χ1n) is 9.94. The third-order valence-corrected chi connectivity index (χ3v) is 4.49. The van der Waals surface area contributed by atoms with Crippen LogP contribution in [0.25, 0.3) is 0 Å². The second kappa shape index (κ2) is 11.9. The van der Waals surface area contributed by atoms with E-state index in [2.05, 4.69) is 16.0 Å². The first-order valence-corrected chi connectivity index (χ1v) is 10.3. The van der Waals surface area contributed by atoms with Gasteiger partial charge in [-0.05, 0) is 49.6 Å². The second-order valence-electron chi connectivity index (χ2n) is 6.63. The number of carbonyl (C=O) groups is 2. The van der Waals surface area contributed by atoms with Gasteiger partial charge in [-0.1, -0.05) is 31.5 Å². The highest BCUT2D eigenvalue weighted by Crippen LogP contribution is 2.31. The van der Waals surface area contributed by atoms with Crippen molar-refractivity contribution in [3.8, 4) is 11.5 Å². The number of rotatable bonds is 10. The fourth-order valence-electron chi connectivity index (χ4n) is 2.52. The predicted molar refractivity (Wildman–Crippen MR) is 120 cm³/mol. The monoisotopic (exact) mass is 433 g/mol. The number of urea groups is 1. The van der Waals surface area contributed by atoms with Crippen molar-refractivity contribution in [2.45, 2.75) is 33.6 Å². The largest absolute Gasteiger partial charge is 0.490 e. The molecule has 3 amide bonds. The molecule has 0 aromatic heterocycles. The van der Waals surface area contributed by atoms with E-state index in [1.165, 1.54) is 0 Å². The van der Waals surface area contributed by atoms with Gasteiger partial charge in [-0.15, -0.1) is 0 Å². The fraction of sp³-hybridized carbons (Fsp3) is 0.364. The maximum absolute atomic E-state index is 12.2. The van der Waals surface area contributed by atoms with Crippen LogP contribution in [0.1, 0.15) is 32.3 Å². The number of amides is 3. The number of hydrogen-bond donors (Lipinski definition) is 3. The van der Waals surface area contributed by atoms with Gasteiger partial charge < -0.3 is 25.4 Å². The first kappa shape index (κ1) is 23.3. The maximum atomic E-state index is 12.2. The molecule has 0 aliphatic carbocycles. The Balaban J connectivity index is 1.91. The molecule has 0 saturated heterocycles. The highest BCUT2D eigenvalue weighted by molar-refractivity contribution is 6.31. The summed E-state index contributed by atoms with van der Waals surface area (Å²) in [5.41, 5.74) is 1.91. The molecule has 0 aliphatic rings. The lowest BCUT2D eigenvalue weighted by atomic mass is 10.2. The van der Waals surface area contributed by atoms with Crippen LogP contribution in [0, 0.1) is 6.92 Å². The number of anilines is 2. The molecule has 3 N–H and O–H groups in total. The average molecular weight is 434 g/mol. The summed E-state index contributed by atoms with van der Waals surface area (Å²) >= 11 is 6.05. The van der Waals surface area contributed by atoms with Gasteiger partial charge in [0.05, 0.1) is 19.8 Å². The van der Waals surface area contributed by atoms with Crippen LogP contribution in [-0.2, 0) is 4.79 Å². The van der Waals surface area contributed by atoms with Crippen molar-refractivity contribution in [2.24, 2.45) is 0 Å². The topological polar surface area (TPSA) is 88.7 Å². The van der Waals surface area contributed by atoms with E-state index in [-0.39, 0.29) is 12.5 Å². The lowest BCUT2D eigenvalue weighted by Crippen LogP contribution is -2.35. The van der Waals surface area contributed by atoms with Crippen molar-refractivity contribution in [1.29, 1.82) is 0 Å². The summed E-state index contributed by atoms with van der Waals surface area (Å²) in [5.74, 6) is 0.843. The van der Waals surface area contributed by atoms with Gasteiger partial charge in [0.25, 0.3) is 0 Å². The molecule has 0 bridgehead atoms. The van der Waals surface area contributed by atoms with E-state index < -0.39 is 6.03 Å². The number of halogens is 1. The molecule has 0 heterocycles. The van der Waals surface area contributed by atoms with Crippen LogP contribution in [0.3, 0.4) is 0 Å². The summed E-state index contributed by atoms with van der Waals surface area (Å²) in [6.07, 6.45) is 1.74. The van der Waals surface area contributed by atoms with Crippen LogP contribution in [0.15, 0.2) is 36.4 Å². The van der Waals surface area contributed by atoms with E-state index in [9.17, 15) is 9.59 Å². The number of hydrogen-bond acceptors (Lipinski definition) is 4. The molecule has 0 aliphatic heterocycles. The van der Waals surface area contributed by atoms with E-state index >= 15 is 0 Å². The zero-order valence-corrected chi connectivity index (χ0v) is 18.3. The molecule has 0 spiro atoms. The third-order valence-electron chi connectivity index (χ3n) is 4.08. The Morgan fingerprint density at radius 2 is 1.67 bits per heavy atom. The molecule has 2 aromatic rings. The minimum Gasteiger partial charge on any atom is -0.490 e. The Morgan fingerprint density at radius 1 is 0.967 bits per heavy atom. The van der Waals surface area contributed by atoms with Gasteiger partial charge in [-0.2, -0.15) is 0 Å². The molecule has 0 fully saturated rings. The SMILES string of the molecule is CCCOc1ccc(NC(=O)NCC(=O)Nc2cccc(Cl)c2C)cc1OCCC. The second-order valence-corrected chi connectivity index (χ2v) is 7.03. The summed E-state index contributed by atoms with van der Waals surface area (Å²) in [6.45, 7) is 6.78. The van der Waals surface area contributed by atoms with Crippen LogP contribution < -0.4 is 25.4 Å². The molecule has 0 atom stereocenters. The van der Waals surface area contributed by atoms with Crippen LogP contribution in [-0.4, -0.2) is 31.7 Å². The van der Waals surface area contributed by atoms with Gasteiger partial charge >= 0.3 is 6.03 Å². The van der Waals surface area contributed by atoms with Gasteiger partial charge in [0.15, 0.2) is 11.5 Å². The van der Waals surface area contributed by atoms with E-state index in [0.29, 0.717) is 41.1 Å². The summed E-state index contributed by atoms with van der Waals surface area (Å²) in [6, 6.07) is 9.92. The van der Waals surface area contributed by atoms with Gasteiger partial charge in [0.2, 0.25) is 5.91 Å². The molecule has 0 saturated carbocycles. The quantitative estimate of drug-likeness (QED) is 0.492. The lowest BCUT2D eigenvalue weighted by molar-refractivity contribution is -0.115. The fourth-order valence-corrected chi connectivity index (χ4v) is 2.69. The Hall–Kier alpha value is -2.93. The Bertz CT molecular complexity index is 873. The lowest BCUT2D eigenvalue weighted by Gasteiger charge is -2.14. The van der Waals surface area contributed by atoms with Gasteiger partial charge in [-0.25, -0.2) is 4.79 Å². The van der Waals surface area contributed by atoms with E-state index in [0.717, 1.165) is 18.4 Å². The van der Waals surface area contributed by atoms with Gasteiger partial charge in [0.1, 0.15) is 0 Å². The third kappa shape index (κ3) is 7.15. The summed E-state index contributed by atoms with van der Waals surface area (Å²) in [5, 5.41) is 8.51. The Labute approximate surface area is 182 Å². The number of benzene rings is 2. The molecule has 8 heteroatoms. The molecule has 0 radical (unpaired) electrons. The van der Waals surface area contributed by atoms with Crippen molar-refractivity contribution in [3.05, 3.63) is 47.0 Å².